The number of hydrogen-bond acceptors (Lipinski definition) is 6. The summed E-state index contributed by atoms with van der Waals surface area (Å²) in [6.45, 7) is -0.413. The molecule has 32 heavy (non-hydrogen) atoms. The third-order valence-corrected chi connectivity index (χ3v) is 8.20. The molecule has 0 spiro atoms. The van der Waals surface area contributed by atoms with Crippen LogP contribution in [0.5, 0.6) is 0 Å². The SMILES string of the molecule is CN(C1CCCc2c1cnn2CC(=O)O)S(=O)(=O)c1cc(C(F)(F)F)cc(S(C)(=O)=O)c1. The lowest BCUT2D eigenvalue weighted by Gasteiger charge is -2.31. The van der Waals surface area contributed by atoms with Gasteiger partial charge in [-0.1, -0.05) is 0 Å². The standard InChI is InChI=1S/C18H20F3N3O6S2/c1-23(15-4-3-5-16-14(15)9-22-24(16)10-17(25)26)32(29,30)13-7-11(18(19,20)21)6-12(8-13)31(2,27)28/h6-9,15H,3-5,10H2,1-2H3,(H,25,26). The summed E-state index contributed by atoms with van der Waals surface area (Å²) in [7, 11) is -7.49. The number of aliphatic carboxylic acids is 1. The summed E-state index contributed by atoms with van der Waals surface area (Å²) in [6.07, 6.45) is -1.62. The second-order valence-corrected chi connectivity index (χ2v) is 11.5. The Morgan fingerprint density at radius 2 is 1.84 bits per heavy atom. The van der Waals surface area contributed by atoms with E-state index >= 15 is 0 Å². The summed E-state index contributed by atoms with van der Waals surface area (Å²) in [6, 6.07) is 0.692. The number of benzene rings is 1. The van der Waals surface area contributed by atoms with E-state index in [0.717, 1.165) is 4.31 Å². The van der Waals surface area contributed by atoms with Gasteiger partial charge in [-0.15, -0.1) is 0 Å². The fraction of sp³-hybridized carbons (Fsp3) is 0.444. The average molecular weight is 496 g/mol. The number of carboxylic acid groups (broad SMARTS) is 1. The number of carboxylic acids is 1. The number of sulfone groups is 1. The Morgan fingerprint density at radius 1 is 1.22 bits per heavy atom. The number of rotatable bonds is 6. The second-order valence-electron chi connectivity index (χ2n) is 7.49. The van der Waals surface area contributed by atoms with E-state index < -0.39 is 59.9 Å². The molecular weight excluding hydrogens is 475 g/mol. The molecule has 0 amide bonds. The van der Waals surface area contributed by atoms with Crippen molar-refractivity contribution in [2.75, 3.05) is 13.3 Å². The first-order chi connectivity index (χ1) is 14.6. The van der Waals surface area contributed by atoms with Gasteiger partial charge in [0, 0.05) is 24.6 Å². The highest BCUT2D eigenvalue weighted by molar-refractivity contribution is 7.91. The summed E-state index contributed by atoms with van der Waals surface area (Å²) in [5.41, 5.74) is -0.406. The first kappa shape index (κ1) is 24.2. The van der Waals surface area contributed by atoms with Crippen molar-refractivity contribution in [2.24, 2.45) is 0 Å². The summed E-state index contributed by atoms with van der Waals surface area (Å²) >= 11 is 0. The number of alkyl halides is 3. The van der Waals surface area contributed by atoms with Crippen LogP contribution >= 0.6 is 0 Å². The Balaban J connectivity index is 2.08. The van der Waals surface area contributed by atoms with Crippen LogP contribution < -0.4 is 0 Å². The lowest BCUT2D eigenvalue weighted by atomic mass is 9.93. The number of carbonyl (C=O) groups is 1. The highest BCUT2D eigenvalue weighted by Gasteiger charge is 2.37. The molecule has 1 N–H and O–H groups in total. The van der Waals surface area contributed by atoms with Crippen molar-refractivity contribution in [3.05, 3.63) is 41.2 Å². The van der Waals surface area contributed by atoms with Crippen molar-refractivity contribution >= 4 is 25.8 Å². The zero-order chi connectivity index (χ0) is 24.1. The van der Waals surface area contributed by atoms with E-state index in [-0.39, 0.29) is 0 Å². The van der Waals surface area contributed by atoms with E-state index in [0.29, 0.717) is 55.0 Å². The molecule has 1 atom stereocenters. The Kier molecular flexibility index (Phi) is 6.17. The largest absolute Gasteiger partial charge is 0.480 e. The summed E-state index contributed by atoms with van der Waals surface area (Å²) < 4.78 is 92.3. The predicted molar refractivity (Wildman–Crippen MR) is 105 cm³/mol. The van der Waals surface area contributed by atoms with E-state index in [4.69, 9.17) is 5.11 Å². The number of sulfonamides is 1. The Morgan fingerprint density at radius 3 is 2.41 bits per heavy atom. The maximum Gasteiger partial charge on any atom is 0.416 e. The van der Waals surface area contributed by atoms with Crippen LogP contribution in [0.1, 0.15) is 35.7 Å². The van der Waals surface area contributed by atoms with Crippen molar-refractivity contribution in [2.45, 2.75) is 47.8 Å². The van der Waals surface area contributed by atoms with Gasteiger partial charge in [-0.3, -0.25) is 9.48 Å². The lowest BCUT2D eigenvalue weighted by molar-refractivity contribution is -0.138. The molecule has 14 heteroatoms. The molecule has 1 aromatic carbocycles. The zero-order valence-corrected chi connectivity index (χ0v) is 18.6. The van der Waals surface area contributed by atoms with Crippen molar-refractivity contribution in [1.29, 1.82) is 0 Å². The van der Waals surface area contributed by atoms with Crippen LogP contribution in [0.15, 0.2) is 34.2 Å². The highest BCUT2D eigenvalue weighted by atomic mass is 32.2. The van der Waals surface area contributed by atoms with Crippen LogP contribution in [-0.2, 0) is 43.8 Å². The van der Waals surface area contributed by atoms with Crippen molar-refractivity contribution < 1.29 is 39.9 Å². The third-order valence-electron chi connectivity index (χ3n) is 5.27. The first-order valence-electron chi connectivity index (χ1n) is 9.29. The average Bonchev–Trinajstić information content (AvgIpc) is 3.08. The van der Waals surface area contributed by atoms with Crippen LogP contribution in [0.25, 0.3) is 0 Å². The summed E-state index contributed by atoms with van der Waals surface area (Å²) in [5.74, 6) is -1.13. The molecule has 0 radical (unpaired) electrons. The van der Waals surface area contributed by atoms with Gasteiger partial charge in [0.2, 0.25) is 10.0 Å². The number of nitrogens with zero attached hydrogens (tertiary/aromatic N) is 3. The van der Waals surface area contributed by atoms with Crippen LogP contribution in [0.3, 0.4) is 0 Å². The van der Waals surface area contributed by atoms with Crippen molar-refractivity contribution in [3.8, 4) is 0 Å². The quantitative estimate of drug-likeness (QED) is 0.650. The molecule has 0 aliphatic heterocycles. The molecule has 9 nitrogen and oxygen atoms in total. The zero-order valence-electron chi connectivity index (χ0n) is 17.0. The van der Waals surface area contributed by atoms with Gasteiger partial charge >= 0.3 is 12.1 Å². The number of halogens is 3. The van der Waals surface area contributed by atoms with Crippen LogP contribution in [0.2, 0.25) is 0 Å². The Hall–Kier alpha value is -2.45. The number of hydrogen-bond donors (Lipinski definition) is 1. The van der Waals surface area contributed by atoms with E-state index in [1.165, 1.54) is 17.9 Å². The fourth-order valence-corrected chi connectivity index (χ4v) is 5.86. The monoisotopic (exact) mass is 495 g/mol. The molecule has 3 rings (SSSR count). The second kappa shape index (κ2) is 8.15. The first-order valence-corrected chi connectivity index (χ1v) is 12.6. The van der Waals surface area contributed by atoms with E-state index in [2.05, 4.69) is 5.10 Å². The maximum atomic E-state index is 13.3. The van der Waals surface area contributed by atoms with Gasteiger partial charge in [0.1, 0.15) is 6.54 Å². The molecule has 1 aliphatic rings. The third kappa shape index (κ3) is 4.66. The molecule has 176 valence electrons. The van der Waals surface area contributed by atoms with Gasteiger partial charge in [-0.2, -0.15) is 22.6 Å². The molecule has 0 bridgehead atoms. The molecule has 0 saturated carbocycles. The smallest absolute Gasteiger partial charge is 0.416 e. The molecule has 1 aliphatic carbocycles. The molecule has 2 aromatic rings. The lowest BCUT2D eigenvalue weighted by Crippen LogP contribution is -2.33. The van der Waals surface area contributed by atoms with Crippen molar-refractivity contribution in [3.63, 3.8) is 0 Å². The minimum absolute atomic E-state index is 0.333. The molecule has 1 aromatic heterocycles. The topological polar surface area (TPSA) is 127 Å². The molecule has 0 saturated heterocycles. The molecule has 0 fully saturated rings. The highest BCUT2D eigenvalue weighted by Crippen LogP contribution is 2.38. The minimum Gasteiger partial charge on any atom is -0.480 e. The summed E-state index contributed by atoms with van der Waals surface area (Å²) in [4.78, 5) is 9.46. The van der Waals surface area contributed by atoms with Crippen LogP contribution in [-0.4, -0.2) is 55.3 Å². The maximum absolute atomic E-state index is 13.3. The molecule has 1 unspecified atom stereocenters. The predicted octanol–water partition coefficient (Wildman–Crippen LogP) is 2.09. The normalized spacial score (nSPS) is 17.4. The van der Waals surface area contributed by atoms with Gasteiger partial charge < -0.3 is 5.11 Å². The van der Waals surface area contributed by atoms with Gasteiger partial charge in [0.05, 0.1) is 27.6 Å². The molecular formula is C18H20F3N3O6S2. The Labute approximate surface area is 182 Å². The summed E-state index contributed by atoms with van der Waals surface area (Å²) in [5, 5.41) is 13.0. The van der Waals surface area contributed by atoms with E-state index in [1.807, 2.05) is 0 Å². The van der Waals surface area contributed by atoms with Gasteiger partial charge in [-0.25, -0.2) is 16.8 Å². The van der Waals surface area contributed by atoms with Crippen LogP contribution in [0.4, 0.5) is 13.2 Å². The van der Waals surface area contributed by atoms with Crippen LogP contribution in [0, 0.1) is 0 Å². The van der Waals surface area contributed by atoms with E-state index in [1.54, 1.807) is 0 Å². The molecule has 1 heterocycles. The minimum atomic E-state index is -4.96. The fourth-order valence-electron chi connectivity index (χ4n) is 3.67. The van der Waals surface area contributed by atoms with E-state index in [9.17, 15) is 34.8 Å². The van der Waals surface area contributed by atoms with Gasteiger partial charge in [0.15, 0.2) is 9.84 Å². The Bertz CT molecular complexity index is 1270. The number of fused-ring (bicyclic) bond motifs is 1. The van der Waals surface area contributed by atoms with Gasteiger partial charge in [0.25, 0.3) is 0 Å². The van der Waals surface area contributed by atoms with Gasteiger partial charge in [-0.05, 0) is 37.5 Å². The van der Waals surface area contributed by atoms with Crippen molar-refractivity contribution in [1.82, 2.24) is 14.1 Å². The number of aromatic nitrogens is 2.